The van der Waals surface area contributed by atoms with Crippen molar-refractivity contribution < 1.29 is 4.39 Å². The molecule has 3 nitrogen and oxygen atoms in total. The lowest BCUT2D eigenvalue weighted by molar-refractivity contribution is 0.318. The molecule has 0 saturated carbocycles. The number of halogens is 3. The van der Waals surface area contributed by atoms with Crippen LogP contribution >= 0.6 is 31.9 Å². The van der Waals surface area contributed by atoms with Gasteiger partial charge in [-0.05, 0) is 45.2 Å². The summed E-state index contributed by atoms with van der Waals surface area (Å²) in [7, 11) is 0. The maximum absolute atomic E-state index is 12.4. The van der Waals surface area contributed by atoms with E-state index in [2.05, 4.69) is 41.9 Å². The summed E-state index contributed by atoms with van der Waals surface area (Å²) in [6.07, 6.45) is -0.353. The molecule has 0 amide bonds. The Labute approximate surface area is 86.6 Å². The van der Waals surface area contributed by atoms with Crippen molar-refractivity contribution in [2.24, 2.45) is 0 Å². The van der Waals surface area contributed by atoms with E-state index < -0.39 is 6.17 Å². The van der Waals surface area contributed by atoms with Crippen LogP contribution in [0.5, 0.6) is 0 Å². The Hall–Kier alpha value is 0.0300. The number of nitrogens with zero attached hydrogens (tertiary/aromatic N) is 3. The zero-order valence-corrected chi connectivity index (χ0v) is 9.64. The lowest BCUT2D eigenvalue weighted by Gasteiger charge is -2.01. The highest BCUT2D eigenvalue weighted by Gasteiger charge is 2.06. The first kappa shape index (κ1) is 10.1. The Morgan fingerprint density at radius 2 is 2.25 bits per heavy atom. The summed E-state index contributed by atoms with van der Waals surface area (Å²) >= 11 is 6.33. The maximum atomic E-state index is 12.4. The largest absolute Gasteiger partial charge is 0.248 e. The van der Waals surface area contributed by atoms with Crippen LogP contribution in [0.15, 0.2) is 9.47 Å². The second kappa shape index (κ2) is 4.32. The summed E-state index contributed by atoms with van der Waals surface area (Å²) in [5.41, 5.74) is 0. The van der Waals surface area contributed by atoms with Gasteiger partial charge in [0.2, 0.25) is 4.73 Å². The molecular weight excluding hydrogens is 293 g/mol. The first-order chi connectivity index (χ1) is 5.59. The van der Waals surface area contributed by atoms with Gasteiger partial charge in [-0.2, -0.15) is 4.98 Å². The summed E-state index contributed by atoms with van der Waals surface area (Å²) in [5, 5.41) is 3.99. The van der Waals surface area contributed by atoms with Crippen LogP contribution in [0.4, 0.5) is 4.39 Å². The van der Waals surface area contributed by atoms with Crippen molar-refractivity contribution >= 4 is 31.9 Å². The van der Waals surface area contributed by atoms with Crippen molar-refractivity contribution in [3.05, 3.63) is 9.47 Å². The third kappa shape index (κ3) is 2.82. The van der Waals surface area contributed by atoms with Gasteiger partial charge in [-0.25, -0.2) is 9.07 Å². The van der Waals surface area contributed by atoms with Crippen LogP contribution in [0.2, 0.25) is 0 Å². The number of aryl methyl sites for hydroxylation is 1. The number of aromatic nitrogens is 3. The average Bonchev–Trinajstić information content (AvgIpc) is 2.26. The third-order valence-electron chi connectivity index (χ3n) is 1.34. The molecule has 0 fully saturated rings. The second-order valence-corrected chi connectivity index (χ2v) is 3.86. The van der Waals surface area contributed by atoms with E-state index >= 15 is 0 Å². The Balaban J connectivity index is 2.57. The standard InChI is InChI=1S/C6H8Br2FN3/c1-4(9)2-3-12-6(8)10-5(7)11-12/h4H,2-3H2,1H3. The zero-order valence-electron chi connectivity index (χ0n) is 6.47. The number of rotatable bonds is 3. The second-order valence-electron chi connectivity index (χ2n) is 2.44. The Morgan fingerprint density at radius 1 is 1.58 bits per heavy atom. The summed E-state index contributed by atoms with van der Waals surface area (Å²) in [6.45, 7) is 2.07. The quantitative estimate of drug-likeness (QED) is 0.859. The number of hydrogen-bond acceptors (Lipinski definition) is 2. The molecule has 1 rings (SSSR count). The van der Waals surface area contributed by atoms with Gasteiger partial charge in [0.05, 0.1) is 6.17 Å². The average molecular weight is 301 g/mol. The molecule has 0 saturated heterocycles. The molecule has 1 unspecified atom stereocenters. The van der Waals surface area contributed by atoms with Crippen LogP contribution in [-0.2, 0) is 6.54 Å². The summed E-state index contributed by atoms with van der Waals surface area (Å²) < 4.78 is 15.2. The zero-order chi connectivity index (χ0) is 9.14. The Kier molecular flexibility index (Phi) is 3.64. The fourth-order valence-electron chi connectivity index (χ4n) is 0.740. The fraction of sp³-hybridized carbons (Fsp3) is 0.667. The molecule has 68 valence electrons. The Bertz CT molecular complexity index is 261. The normalized spacial score (nSPS) is 13.3. The first-order valence-corrected chi connectivity index (χ1v) is 5.08. The summed E-state index contributed by atoms with van der Waals surface area (Å²) in [6, 6.07) is 0. The van der Waals surface area contributed by atoms with Gasteiger partial charge in [0, 0.05) is 6.54 Å². The lowest BCUT2D eigenvalue weighted by Crippen LogP contribution is -2.05. The van der Waals surface area contributed by atoms with E-state index in [1.807, 2.05) is 0 Å². The molecule has 1 aromatic rings. The van der Waals surface area contributed by atoms with Gasteiger partial charge in [-0.15, -0.1) is 5.10 Å². The predicted octanol–water partition coefficient (Wildman–Crippen LogP) is 2.55. The molecule has 12 heavy (non-hydrogen) atoms. The number of hydrogen-bond donors (Lipinski definition) is 0. The van der Waals surface area contributed by atoms with Crippen molar-refractivity contribution in [2.45, 2.75) is 26.1 Å². The van der Waals surface area contributed by atoms with Crippen molar-refractivity contribution in [1.82, 2.24) is 14.8 Å². The van der Waals surface area contributed by atoms with Gasteiger partial charge in [-0.1, -0.05) is 0 Å². The minimum atomic E-state index is -0.806. The van der Waals surface area contributed by atoms with Crippen molar-refractivity contribution in [2.75, 3.05) is 0 Å². The molecule has 0 aliphatic carbocycles. The van der Waals surface area contributed by atoms with E-state index in [0.29, 0.717) is 22.4 Å². The fourth-order valence-corrected chi connectivity index (χ4v) is 1.76. The molecule has 6 heteroatoms. The molecular formula is C6H8Br2FN3. The molecule has 1 heterocycles. The van der Waals surface area contributed by atoms with E-state index in [-0.39, 0.29) is 0 Å². The molecule has 0 N–H and O–H groups in total. The van der Waals surface area contributed by atoms with Crippen molar-refractivity contribution in [3.63, 3.8) is 0 Å². The summed E-state index contributed by atoms with van der Waals surface area (Å²) in [5.74, 6) is 0. The van der Waals surface area contributed by atoms with Gasteiger partial charge in [0.25, 0.3) is 0 Å². The third-order valence-corrected chi connectivity index (χ3v) is 2.26. The van der Waals surface area contributed by atoms with E-state index in [9.17, 15) is 4.39 Å². The van der Waals surface area contributed by atoms with E-state index in [0.717, 1.165) is 0 Å². The smallest absolute Gasteiger partial charge is 0.218 e. The highest BCUT2D eigenvalue weighted by atomic mass is 79.9. The van der Waals surface area contributed by atoms with E-state index in [4.69, 9.17) is 0 Å². The van der Waals surface area contributed by atoms with E-state index in [1.54, 1.807) is 4.68 Å². The van der Waals surface area contributed by atoms with Crippen LogP contribution in [0.1, 0.15) is 13.3 Å². The molecule has 0 aliphatic rings. The predicted molar refractivity (Wildman–Crippen MR) is 50.6 cm³/mol. The Morgan fingerprint density at radius 3 is 2.67 bits per heavy atom. The van der Waals surface area contributed by atoms with Crippen LogP contribution < -0.4 is 0 Å². The van der Waals surface area contributed by atoms with Gasteiger partial charge < -0.3 is 0 Å². The molecule has 1 atom stereocenters. The molecule has 0 spiro atoms. The highest BCUT2D eigenvalue weighted by Crippen LogP contribution is 2.12. The minimum Gasteiger partial charge on any atom is -0.248 e. The van der Waals surface area contributed by atoms with Crippen molar-refractivity contribution in [3.8, 4) is 0 Å². The first-order valence-electron chi connectivity index (χ1n) is 3.49. The topological polar surface area (TPSA) is 30.7 Å². The molecule has 0 aromatic carbocycles. The monoisotopic (exact) mass is 299 g/mol. The summed E-state index contributed by atoms with van der Waals surface area (Å²) in [4.78, 5) is 3.95. The van der Waals surface area contributed by atoms with Crippen molar-refractivity contribution in [1.29, 1.82) is 0 Å². The molecule has 1 aromatic heterocycles. The molecule has 0 bridgehead atoms. The lowest BCUT2D eigenvalue weighted by atomic mass is 10.3. The van der Waals surface area contributed by atoms with Gasteiger partial charge in [-0.3, -0.25) is 0 Å². The van der Waals surface area contributed by atoms with Crippen LogP contribution in [0, 0.1) is 0 Å². The molecule has 0 radical (unpaired) electrons. The minimum absolute atomic E-state index is 0.453. The van der Waals surface area contributed by atoms with Gasteiger partial charge in [0.15, 0.2) is 4.73 Å². The highest BCUT2D eigenvalue weighted by molar-refractivity contribution is 9.11. The maximum Gasteiger partial charge on any atom is 0.218 e. The van der Waals surface area contributed by atoms with E-state index in [1.165, 1.54) is 6.92 Å². The SMILES string of the molecule is CC(F)CCn1nc(Br)nc1Br. The van der Waals surface area contributed by atoms with Gasteiger partial charge >= 0.3 is 0 Å². The number of alkyl halides is 1. The van der Waals surface area contributed by atoms with Crippen LogP contribution in [0.3, 0.4) is 0 Å². The van der Waals surface area contributed by atoms with Crippen LogP contribution in [-0.4, -0.2) is 20.9 Å². The van der Waals surface area contributed by atoms with Gasteiger partial charge in [0.1, 0.15) is 0 Å². The van der Waals surface area contributed by atoms with Crippen LogP contribution in [0.25, 0.3) is 0 Å². The molecule has 0 aliphatic heterocycles.